The molecule has 5 heteroatoms. The summed E-state index contributed by atoms with van der Waals surface area (Å²) in [6.07, 6.45) is 5.79. The molecule has 0 atom stereocenters. The second kappa shape index (κ2) is 4.02. The summed E-state index contributed by atoms with van der Waals surface area (Å²) in [5, 5.41) is 0.0572. The van der Waals surface area contributed by atoms with E-state index >= 15 is 0 Å². The van der Waals surface area contributed by atoms with Gasteiger partial charge in [0.05, 0.1) is 11.7 Å². The lowest BCUT2D eigenvalue weighted by Crippen LogP contribution is -2.40. The molecule has 2 rings (SSSR count). The normalized spacial score (nSPS) is 20.2. The summed E-state index contributed by atoms with van der Waals surface area (Å²) in [5.41, 5.74) is 5.77. The minimum absolute atomic E-state index is 0.0572. The maximum atomic E-state index is 13.5. The van der Waals surface area contributed by atoms with Crippen LogP contribution in [0.4, 0.5) is 4.39 Å². The van der Waals surface area contributed by atoms with Gasteiger partial charge in [-0.05, 0) is 24.4 Å². The third kappa shape index (κ3) is 2.11. The second-order valence-corrected chi connectivity index (χ2v) is 4.39. The first kappa shape index (κ1) is 10.8. The number of nitrogens with zero attached hydrogens (tertiary/aromatic N) is 2. The number of nitrogens with two attached hydrogens (primary N) is 1. The Balaban J connectivity index is 2.38. The highest BCUT2D eigenvalue weighted by molar-refractivity contribution is 6.28. The predicted molar refractivity (Wildman–Crippen MR) is 56.0 cm³/mol. The Morgan fingerprint density at radius 3 is 2.67 bits per heavy atom. The Hall–Kier alpha value is -0.740. The molecule has 0 radical (unpaired) electrons. The van der Waals surface area contributed by atoms with Crippen molar-refractivity contribution in [3.05, 3.63) is 23.0 Å². The highest BCUT2D eigenvalue weighted by atomic mass is 35.5. The van der Waals surface area contributed by atoms with Crippen molar-refractivity contribution in [2.45, 2.75) is 37.6 Å². The van der Waals surface area contributed by atoms with Gasteiger partial charge in [-0.1, -0.05) is 19.3 Å². The zero-order valence-electron chi connectivity index (χ0n) is 8.34. The minimum Gasteiger partial charge on any atom is -0.320 e. The van der Waals surface area contributed by atoms with Gasteiger partial charge in [-0.2, -0.15) is 0 Å². The van der Waals surface area contributed by atoms with E-state index in [0.29, 0.717) is 0 Å². The summed E-state index contributed by atoms with van der Waals surface area (Å²) in [6.45, 7) is 0. The monoisotopic (exact) mass is 229 g/mol. The van der Waals surface area contributed by atoms with Gasteiger partial charge >= 0.3 is 0 Å². The first-order valence-corrected chi connectivity index (χ1v) is 5.47. The third-order valence-corrected chi connectivity index (χ3v) is 3.11. The fourth-order valence-electron chi connectivity index (χ4n) is 2.11. The van der Waals surface area contributed by atoms with E-state index in [-0.39, 0.29) is 11.0 Å². The van der Waals surface area contributed by atoms with Crippen LogP contribution in [-0.4, -0.2) is 9.97 Å². The standard InChI is InChI=1S/C10H13ClFN3/c11-9-14-6-7(12)8(15-9)10(13)4-2-1-3-5-10/h6H,1-5,13H2. The molecule has 0 aliphatic heterocycles. The zero-order valence-corrected chi connectivity index (χ0v) is 9.10. The SMILES string of the molecule is NC1(c2nc(Cl)ncc2F)CCCCC1. The summed E-state index contributed by atoms with van der Waals surface area (Å²) in [7, 11) is 0. The van der Waals surface area contributed by atoms with Gasteiger partial charge in [0.15, 0.2) is 5.82 Å². The lowest BCUT2D eigenvalue weighted by molar-refractivity contribution is 0.284. The summed E-state index contributed by atoms with van der Waals surface area (Å²) >= 11 is 5.65. The van der Waals surface area contributed by atoms with Gasteiger partial charge in [0.1, 0.15) is 5.69 Å². The topological polar surface area (TPSA) is 51.8 Å². The van der Waals surface area contributed by atoms with Gasteiger partial charge in [-0.15, -0.1) is 0 Å². The molecular weight excluding hydrogens is 217 g/mol. The lowest BCUT2D eigenvalue weighted by Gasteiger charge is -2.32. The first-order chi connectivity index (χ1) is 7.12. The van der Waals surface area contributed by atoms with Crippen molar-refractivity contribution in [1.82, 2.24) is 9.97 Å². The van der Waals surface area contributed by atoms with Crippen molar-refractivity contribution in [2.24, 2.45) is 5.73 Å². The summed E-state index contributed by atoms with van der Waals surface area (Å²) in [5.74, 6) is -0.455. The molecule has 0 spiro atoms. The molecular formula is C10H13ClFN3. The first-order valence-electron chi connectivity index (χ1n) is 5.09. The number of rotatable bonds is 1. The second-order valence-electron chi connectivity index (χ2n) is 4.05. The van der Waals surface area contributed by atoms with E-state index in [1.807, 2.05) is 0 Å². The van der Waals surface area contributed by atoms with E-state index in [1.54, 1.807) is 0 Å². The molecule has 1 aromatic rings. The Kier molecular flexibility index (Phi) is 2.89. The fraction of sp³-hybridized carbons (Fsp3) is 0.600. The van der Waals surface area contributed by atoms with Gasteiger partial charge in [-0.25, -0.2) is 14.4 Å². The molecule has 1 saturated carbocycles. The molecule has 3 nitrogen and oxygen atoms in total. The molecule has 15 heavy (non-hydrogen) atoms. The van der Waals surface area contributed by atoms with Crippen LogP contribution in [0.3, 0.4) is 0 Å². The van der Waals surface area contributed by atoms with Crippen molar-refractivity contribution < 1.29 is 4.39 Å². The summed E-state index contributed by atoms with van der Waals surface area (Å²) in [4.78, 5) is 7.51. The van der Waals surface area contributed by atoms with E-state index in [9.17, 15) is 4.39 Å². The van der Waals surface area contributed by atoms with Crippen molar-refractivity contribution in [2.75, 3.05) is 0 Å². The molecule has 0 saturated heterocycles. The van der Waals surface area contributed by atoms with E-state index in [1.165, 1.54) is 0 Å². The molecule has 0 amide bonds. The van der Waals surface area contributed by atoms with Crippen LogP contribution in [0.15, 0.2) is 6.20 Å². The molecule has 0 bridgehead atoms. The van der Waals surface area contributed by atoms with E-state index < -0.39 is 11.4 Å². The van der Waals surface area contributed by atoms with E-state index in [0.717, 1.165) is 38.3 Å². The van der Waals surface area contributed by atoms with Gasteiger partial charge in [0.2, 0.25) is 5.28 Å². The molecule has 0 aromatic carbocycles. The molecule has 1 fully saturated rings. The Morgan fingerprint density at radius 2 is 2.00 bits per heavy atom. The quantitative estimate of drug-likeness (QED) is 0.753. The van der Waals surface area contributed by atoms with Gasteiger partial charge in [0.25, 0.3) is 0 Å². The van der Waals surface area contributed by atoms with E-state index in [2.05, 4.69) is 9.97 Å². The summed E-state index contributed by atoms with van der Waals surface area (Å²) in [6, 6.07) is 0. The highest BCUT2D eigenvalue weighted by Crippen LogP contribution is 2.34. The fourth-order valence-corrected chi connectivity index (χ4v) is 2.25. The van der Waals surface area contributed by atoms with Crippen molar-refractivity contribution in [3.8, 4) is 0 Å². The molecule has 1 heterocycles. The van der Waals surface area contributed by atoms with Crippen LogP contribution < -0.4 is 5.73 Å². The highest BCUT2D eigenvalue weighted by Gasteiger charge is 2.33. The molecule has 1 aromatic heterocycles. The maximum Gasteiger partial charge on any atom is 0.222 e. The summed E-state index contributed by atoms with van der Waals surface area (Å²) < 4.78 is 13.5. The molecule has 82 valence electrons. The number of hydrogen-bond acceptors (Lipinski definition) is 3. The van der Waals surface area contributed by atoms with Crippen LogP contribution in [0, 0.1) is 5.82 Å². The average Bonchev–Trinajstić information content (AvgIpc) is 2.23. The smallest absolute Gasteiger partial charge is 0.222 e. The molecule has 1 aliphatic carbocycles. The molecule has 1 aliphatic rings. The minimum atomic E-state index is -0.658. The van der Waals surface area contributed by atoms with Crippen LogP contribution in [0.5, 0.6) is 0 Å². The zero-order chi connectivity index (χ0) is 10.9. The van der Waals surface area contributed by atoms with Gasteiger partial charge in [0, 0.05) is 0 Å². The number of aromatic nitrogens is 2. The number of halogens is 2. The van der Waals surface area contributed by atoms with Gasteiger partial charge in [-0.3, -0.25) is 0 Å². The Bertz CT molecular complexity index is 364. The average molecular weight is 230 g/mol. The molecule has 0 unspecified atom stereocenters. The maximum absolute atomic E-state index is 13.5. The third-order valence-electron chi connectivity index (χ3n) is 2.93. The van der Waals surface area contributed by atoms with Crippen molar-refractivity contribution in [3.63, 3.8) is 0 Å². The largest absolute Gasteiger partial charge is 0.320 e. The molecule has 2 N–H and O–H groups in total. The Morgan fingerprint density at radius 1 is 1.33 bits per heavy atom. The van der Waals surface area contributed by atoms with Crippen LogP contribution in [0.25, 0.3) is 0 Å². The van der Waals surface area contributed by atoms with Crippen molar-refractivity contribution in [1.29, 1.82) is 0 Å². The predicted octanol–water partition coefficient (Wildman–Crippen LogP) is 2.39. The van der Waals surface area contributed by atoms with Gasteiger partial charge < -0.3 is 5.73 Å². The Labute approximate surface area is 92.9 Å². The van der Waals surface area contributed by atoms with E-state index in [4.69, 9.17) is 17.3 Å². The van der Waals surface area contributed by atoms with Crippen LogP contribution >= 0.6 is 11.6 Å². The van der Waals surface area contributed by atoms with Crippen molar-refractivity contribution >= 4 is 11.6 Å². The number of hydrogen-bond donors (Lipinski definition) is 1. The van der Waals surface area contributed by atoms with Crippen LogP contribution in [-0.2, 0) is 5.54 Å². The van der Waals surface area contributed by atoms with Crippen LogP contribution in [0.1, 0.15) is 37.8 Å². The van der Waals surface area contributed by atoms with Crippen LogP contribution in [0.2, 0.25) is 5.28 Å². The lowest BCUT2D eigenvalue weighted by atomic mass is 9.80.